The summed E-state index contributed by atoms with van der Waals surface area (Å²) < 4.78 is 0. The van der Waals surface area contributed by atoms with Crippen LogP contribution >= 0.6 is 11.6 Å². The van der Waals surface area contributed by atoms with Crippen LogP contribution in [0.1, 0.15) is 6.92 Å². The second-order valence-electron chi connectivity index (χ2n) is 2.12. The highest BCUT2D eigenvalue weighted by Crippen LogP contribution is 1.94. The number of halogens is 1. The van der Waals surface area contributed by atoms with Gasteiger partial charge in [0.05, 0.1) is 0 Å². The molecule has 0 unspecified atom stereocenters. The summed E-state index contributed by atoms with van der Waals surface area (Å²) in [6.07, 6.45) is 6.54. The summed E-state index contributed by atoms with van der Waals surface area (Å²) in [6.45, 7) is 1.39. The average molecular weight is 200 g/mol. The van der Waals surface area contributed by atoms with Crippen LogP contribution in [0, 0.1) is 0 Å². The maximum atomic E-state index is 10.6. The fraction of sp³-hybridized carbons (Fsp3) is 0.111. The SMILES string of the molecule is CC(=O)NC(/C=C/Cl)=C/C=C/C=O. The third kappa shape index (κ3) is 7.03. The molecule has 0 heterocycles. The maximum absolute atomic E-state index is 10.6. The molecule has 70 valence electrons. The van der Waals surface area contributed by atoms with E-state index in [1.165, 1.54) is 30.7 Å². The molecular weight excluding hydrogens is 190 g/mol. The lowest BCUT2D eigenvalue weighted by Gasteiger charge is -1.99. The molecule has 4 heteroatoms. The Labute approximate surface area is 81.8 Å². The Morgan fingerprint density at radius 1 is 1.38 bits per heavy atom. The normalized spacial score (nSPS) is 12.3. The number of aldehydes is 1. The number of amides is 1. The molecule has 0 saturated carbocycles. The van der Waals surface area contributed by atoms with E-state index in [4.69, 9.17) is 11.6 Å². The van der Waals surface area contributed by atoms with Gasteiger partial charge < -0.3 is 5.32 Å². The smallest absolute Gasteiger partial charge is 0.221 e. The summed E-state index contributed by atoms with van der Waals surface area (Å²) in [7, 11) is 0. The summed E-state index contributed by atoms with van der Waals surface area (Å²) in [6, 6.07) is 0. The lowest BCUT2D eigenvalue weighted by Crippen LogP contribution is -2.17. The zero-order valence-corrected chi connectivity index (χ0v) is 7.91. The van der Waals surface area contributed by atoms with Gasteiger partial charge in [0.1, 0.15) is 6.29 Å². The highest BCUT2D eigenvalue weighted by molar-refractivity contribution is 6.25. The first-order valence-corrected chi connectivity index (χ1v) is 4.01. The van der Waals surface area contributed by atoms with Crippen molar-refractivity contribution in [2.24, 2.45) is 0 Å². The van der Waals surface area contributed by atoms with Crippen molar-refractivity contribution in [3.05, 3.63) is 35.5 Å². The summed E-state index contributed by atoms with van der Waals surface area (Å²) in [5.41, 5.74) is 1.80. The minimum absolute atomic E-state index is 0.194. The summed E-state index contributed by atoms with van der Waals surface area (Å²) >= 11 is 5.33. The number of carbonyl (C=O) groups excluding carboxylic acids is 2. The van der Waals surface area contributed by atoms with Crippen LogP contribution in [0.4, 0.5) is 0 Å². The van der Waals surface area contributed by atoms with Crippen LogP contribution in [0.25, 0.3) is 0 Å². The molecule has 0 aliphatic heterocycles. The highest BCUT2D eigenvalue weighted by atomic mass is 35.5. The molecule has 0 radical (unpaired) electrons. The van der Waals surface area contributed by atoms with Crippen LogP contribution in [0.15, 0.2) is 35.5 Å². The fourth-order valence-corrected chi connectivity index (χ4v) is 0.750. The van der Waals surface area contributed by atoms with E-state index in [1.807, 2.05) is 0 Å². The monoisotopic (exact) mass is 199 g/mol. The first-order valence-electron chi connectivity index (χ1n) is 3.57. The van der Waals surface area contributed by atoms with Gasteiger partial charge in [0, 0.05) is 18.2 Å². The summed E-state index contributed by atoms with van der Waals surface area (Å²) in [5.74, 6) is -0.194. The van der Waals surface area contributed by atoms with Crippen molar-refractivity contribution >= 4 is 23.8 Å². The van der Waals surface area contributed by atoms with Crippen molar-refractivity contribution in [2.75, 3.05) is 0 Å². The van der Waals surface area contributed by atoms with Crippen molar-refractivity contribution in [3.63, 3.8) is 0 Å². The molecule has 1 N–H and O–H groups in total. The molecule has 13 heavy (non-hydrogen) atoms. The molecule has 0 saturated heterocycles. The Bertz CT molecular complexity index is 267. The quantitative estimate of drug-likeness (QED) is 0.424. The van der Waals surface area contributed by atoms with Crippen LogP contribution in [0.3, 0.4) is 0 Å². The van der Waals surface area contributed by atoms with Gasteiger partial charge in [-0.1, -0.05) is 17.7 Å². The second-order valence-corrected chi connectivity index (χ2v) is 2.37. The van der Waals surface area contributed by atoms with E-state index in [2.05, 4.69) is 5.32 Å². The lowest BCUT2D eigenvalue weighted by molar-refractivity contribution is -0.118. The molecule has 0 bridgehead atoms. The van der Waals surface area contributed by atoms with Gasteiger partial charge in [-0.25, -0.2) is 0 Å². The Hall–Kier alpha value is -1.35. The number of rotatable bonds is 4. The molecular formula is C9H10ClNO2. The van der Waals surface area contributed by atoms with Crippen LogP contribution in [-0.2, 0) is 9.59 Å². The third-order valence-corrected chi connectivity index (χ3v) is 1.15. The number of carbonyl (C=O) groups is 2. The minimum Gasteiger partial charge on any atom is -0.326 e. The molecule has 3 nitrogen and oxygen atoms in total. The Morgan fingerprint density at radius 3 is 2.54 bits per heavy atom. The number of allylic oxidation sites excluding steroid dienone is 4. The van der Waals surface area contributed by atoms with Crippen molar-refractivity contribution in [2.45, 2.75) is 6.92 Å². The standard InChI is InChI=1S/C9H10ClNO2/c1-8(13)11-9(5-6-10)4-2-3-7-12/h2-7H,1H3,(H,11,13)/b3-2+,6-5+,9-4+. The Morgan fingerprint density at radius 2 is 2.08 bits per heavy atom. The molecule has 0 aromatic heterocycles. The molecule has 0 atom stereocenters. The molecule has 0 aromatic carbocycles. The summed E-state index contributed by atoms with van der Waals surface area (Å²) in [4.78, 5) is 20.6. The molecule has 0 spiro atoms. The van der Waals surface area contributed by atoms with Crippen molar-refractivity contribution in [1.82, 2.24) is 5.32 Å². The van der Waals surface area contributed by atoms with Gasteiger partial charge in [-0.15, -0.1) is 0 Å². The van der Waals surface area contributed by atoms with E-state index in [9.17, 15) is 9.59 Å². The maximum Gasteiger partial charge on any atom is 0.221 e. The van der Waals surface area contributed by atoms with Crippen molar-refractivity contribution in [3.8, 4) is 0 Å². The number of hydrogen-bond acceptors (Lipinski definition) is 2. The predicted molar refractivity (Wildman–Crippen MR) is 52.1 cm³/mol. The Kier molecular flexibility index (Phi) is 6.55. The molecule has 0 fully saturated rings. The van der Waals surface area contributed by atoms with Crippen molar-refractivity contribution < 1.29 is 9.59 Å². The van der Waals surface area contributed by atoms with Crippen LogP contribution in [0.5, 0.6) is 0 Å². The lowest BCUT2D eigenvalue weighted by atomic mass is 10.3. The zero-order valence-electron chi connectivity index (χ0n) is 7.16. The second kappa shape index (κ2) is 7.31. The fourth-order valence-electron chi connectivity index (χ4n) is 0.615. The van der Waals surface area contributed by atoms with E-state index in [-0.39, 0.29) is 5.91 Å². The number of hydrogen-bond donors (Lipinski definition) is 1. The zero-order chi connectivity index (χ0) is 10.1. The first-order chi connectivity index (χ1) is 6.20. The van der Waals surface area contributed by atoms with Gasteiger partial charge in [0.2, 0.25) is 5.91 Å². The van der Waals surface area contributed by atoms with Gasteiger partial charge in [-0.2, -0.15) is 0 Å². The first kappa shape index (κ1) is 11.6. The van der Waals surface area contributed by atoms with E-state index in [0.717, 1.165) is 0 Å². The summed E-state index contributed by atoms with van der Waals surface area (Å²) in [5, 5.41) is 2.52. The molecule has 0 aliphatic carbocycles. The molecule has 1 amide bonds. The van der Waals surface area contributed by atoms with Gasteiger partial charge in [-0.05, 0) is 18.2 Å². The van der Waals surface area contributed by atoms with E-state index in [0.29, 0.717) is 12.0 Å². The van der Waals surface area contributed by atoms with E-state index < -0.39 is 0 Å². The van der Waals surface area contributed by atoms with Gasteiger partial charge in [0.25, 0.3) is 0 Å². The van der Waals surface area contributed by atoms with Gasteiger partial charge in [-0.3, -0.25) is 9.59 Å². The molecule has 0 rings (SSSR count). The molecule has 0 aromatic rings. The topological polar surface area (TPSA) is 46.2 Å². The minimum atomic E-state index is -0.194. The van der Waals surface area contributed by atoms with Crippen molar-refractivity contribution in [1.29, 1.82) is 0 Å². The van der Waals surface area contributed by atoms with Gasteiger partial charge >= 0.3 is 0 Å². The van der Waals surface area contributed by atoms with Crippen LogP contribution in [0.2, 0.25) is 0 Å². The third-order valence-electron chi connectivity index (χ3n) is 1.03. The predicted octanol–water partition coefficient (Wildman–Crippen LogP) is 1.51. The average Bonchev–Trinajstić information content (AvgIpc) is 2.04. The van der Waals surface area contributed by atoms with Crippen LogP contribution < -0.4 is 5.32 Å². The van der Waals surface area contributed by atoms with Gasteiger partial charge in [0.15, 0.2) is 0 Å². The van der Waals surface area contributed by atoms with E-state index in [1.54, 1.807) is 6.08 Å². The highest BCUT2D eigenvalue weighted by Gasteiger charge is 1.92. The largest absolute Gasteiger partial charge is 0.326 e. The Balaban J connectivity index is 4.39. The molecule has 0 aliphatic rings. The van der Waals surface area contributed by atoms with Crippen LogP contribution in [-0.4, -0.2) is 12.2 Å². The van der Waals surface area contributed by atoms with E-state index >= 15 is 0 Å². The number of nitrogens with one attached hydrogen (secondary N) is 1.